The third-order valence-electron chi connectivity index (χ3n) is 3.85. The van der Waals surface area contributed by atoms with Gasteiger partial charge in [-0.3, -0.25) is 0 Å². The number of aliphatic hydroxyl groups excluding tert-OH is 1. The first-order valence-electron chi connectivity index (χ1n) is 6.39. The highest BCUT2D eigenvalue weighted by molar-refractivity contribution is 5.58. The van der Waals surface area contributed by atoms with E-state index in [0.29, 0.717) is 6.54 Å². The molecule has 1 heterocycles. The molecule has 0 aliphatic carbocycles. The number of nitrogens with two attached hydrogens (primary N) is 1. The molecular formula is C14H22N2O. The predicted molar refractivity (Wildman–Crippen MR) is 71.2 cm³/mol. The molecule has 2 atom stereocenters. The van der Waals surface area contributed by atoms with Gasteiger partial charge in [0, 0.05) is 25.2 Å². The second-order valence-electron chi connectivity index (χ2n) is 4.91. The van der Waals surface area contributed by atoms with E-state index in [2.05, 4.69) is 31.0 Å². The van der Waals surface area contributed by atoms with E-state index in [9.17, 15) is 5.11 Å². The van der Waals surface area contributed by atoms with Gasteiger partial charge < -0.3 is 15.7 Å². The molecule has 0 fully saturated rings. The van der Waals surface area contributed by atoms with E-state index >= 15 is 0 Å². The summed E-state index contributed by atoms with van der Waals surface area (Å²) >= 11 is 0. The maximum Gasteiger partial charge on any atom is 0.0830 e. The number of anilines is 1. The van der Waals surface area contributed by atoms with Gasteiger partial charge in [0.1, 0.15) is 0 Å². The normalized spacial score (nSPS) is 18.0. The zero-order chi connectivity index (χ0) is 12.4. The highest BCUT2D eigenvalue weighted by Crippen LogP contribution is 2.31. The Balaban J connectivity index is 2.23. The number of likely N-dealkylation sites (N-methyl/N-ethyl adjacent to an activating group) is 1. The molecule has 1 aliphatic heterocycles. The molecule has 2 unspecified atom stereocenters. The minimum Gasteiger partial charge on any atom is -0.388 e. The zero-order valence-corrected chi connectivity index (χ0v) is 10.7. The molecule has 0 bridgehead atoms. The summed E-state index contributed by atoms with van der Waals surface area (Å²) in [6.45, 7) is 3.68. The minimum atomic E-state index is -0.429. The Bertz CT molecular complexity index is 388. The van der Waals surface area contributed by atoms with Gasteiger partial charge in [0.25, 0.3) is 0 Å². The van der Waals surface area contributed by atoms with Crippen molar-refractivity contribution in [2.24, 2.45) is 11.7 Å². The molecule has 1 aromatic carbocycles. The van der Waals surface area contributed by atoms with Crippen molar-refractivity contribution in [3.8, 4) is 0 Å². The fourth-order valence-electron chi connectivity index (χ4n) is 2.56. The Labute approximate surface area is 103 Å². The first kappa shape index (κ1) is 12.4. The highest BCUT2D eigenvalue weighted by Gasteiger charge is 2.21. The average Bonchev–Trinajstić information content (AvgIpc) is 2.72. The topological polar surface area (TPSA) is 49.5 Å². The molecule has 1 aromatic rings. The van der Waals surface area contributed by atoms with Crippen LogP contribution < -0.4 is 10.6 Å². The Morgan fingerprint density at radius 3 is 2.88 bits per heavy atom. The number of hydrogen-bond donors (Lipinski definition) is 2. The molecule has 0 saturated carbocycles. The van der Waals surface area contributed by atoms with Crippen molar-refractivity contribution in [1.29, 1.82) is 0 Å². The monoisotopic (exact) mass is 234 g/mol. The van der Waals surface area contributed by atoms with E-state index < -0.39 is 6.10 Å². The molecule has 3 nitrogen and oxygen atoms in total. The van der Waals surface area contributed by atoms with Crippen molar-refractivity contribution < 1.29 is 5.11 Å². The molecule has 0 amide bonds. The maximum absolute atomic E-state index is 10.3. The smallest absolute Gasteiger partial charge is 0.0830 e. The first-order valence-corrected chi connectivity index (χ1v) is 6.39. The number of hydrogen-bond acceptors (Lipinski definition) is 3. The number of nitrogens with zero attached hydrogens (tertiary/aromatic N) is 1. The maximum atomic E-state index is 10.3. The molecule has 17 heavy (non-hydrogen) atoms. The summed E-state index contributed by atoms with van der Waals surface area (Å²) in [5, 5.41) is 10.3. The summed E-state index contributed by atoms with van der Waals surface area (Å²) in [6, 6.07) is 6.29. The van der Waals surface area contributed by atoms with Crippen molar-refractivity contribution in [2.75, 3.05) is 25.0 Å². The number of fused-ring (bicyclic) bond motifs is 1. The third-order valence-corrected chi connectivity index (χ3v) is 3.85. The van der Waals surface area contributed by atoms with Gasteiger partial charge in [-0.25, -0.2) is 0 Å². The summed E-state index contributed by atoms with van der Waals surface area (Å²) in [6.07, 6.45) is 1.56. The van der Waals surface area contributed by atoms with Crippen molar-refractivity contribution in [3.05, 3.63) is 29.3 Å². The molecule has 2 rings (SSSR count). The highest BCUT2D eigenvalue weighted by atomic mass is 16.3. The van der Waals surface area contributed by atoms with E-state index in [1.54, 1.807) is 0 Å². The largest absolute Gasteiger partial charge is 0.388 e. The Morgan fingerprint density at radius 1 is 1.47 bits per heavy atom. The summed E-state index contributed by atoms with van der Waals surface area (Å²) in [5.74, 6) is 0.159. The van der Waals surface area contributed by atoms with Crippen LogP contribution in [-0.4, -0.2) is 25.2 Å². The summed E-state index contributed by atoms with van der Waals surface area (Å²) in [5.41, 5.74) is 9.34. The molecular weight excluding hydrogens is 212 g/mol. The third kappa shape index (κ3) is 2.31. The van der Waals surface area contributed by atoms with Crippen LogP contribution in [-0.2, 0) is 6.42 Å². The predicted octanol–water partition coefficient (Wildman–Crippen LogP) is 1.70. The van der Waals surface area contributed by atoms with Crippen LogP contribution in [0.2, 0.25) is 0 Å². The Kier molecular flexibility index (Phi) is 3.69. The lowest BCUT2D eigenvalue weighted by Crippen LogP contribution is -2.21. The van der Waals surface area contributed by atoms with Crippen LogP contribution in [0.4, 0.5) is 5.69 Å². The van der Waals surface area contributed by atoms with E-state index in [1.807, 2.05) is 6.07 Å². The van der Waals surface area contributed by atoms with Gasteiger partial charge in [0.05, 0.1) is 6.10 Å². The molecule has 1 aliphatic rings. The number of rotatable bonds is 4. The quantitative estimate of drug-likeness (QED) is 0.833. The minimum absolute atomic E-state index is 0.159. The lowest BCUT2D eigenvalue weighted by Gasteiger charge is -2.21. The van der Waals surface area contributed by atoms with Crippen LogP contribution in [0.1, 0.15) is 30.6 Å². The van der Waals surface area contributed by atoms with Crippen LogP contribution in [0, 0.1) is 5.92 Å². The molecule has 3 heteroatoms. The lowest BCUT2D eigenvalue weighted by atomic mass is 9.92. The standard InChI is InChI=1S/C14H22N2O/c1-3-10(9-15)14(17)12-4-5-13-11(8-12)6-7-16(13)2/h4-5,8,10,14,17H,3,6-7,9,15H2,1-2H3. The van der Waals surface area contributed by atoms with Crippen LogP contribution >= 0.6 is 0 Å². The van der Waals surface area contributed by atoms with Crippen LogP contribution in [0.25, 0.3) is 0 Å². The van der Waals surface area contributed by atoms with Crippen LogP contribution in [0.5, 0.6) is 0 Å². The van der Waals surface area contributed by atoms with E-state index in [0.717, 1.165) is 24.9 Å². The van der Waals surface area contributed by atoms with Crippen LogP contribution in [0.3, 0.4) is 0 Å². The van der Waals surface area contributed by atoms with Crippen molar-refractivity contribution in [3.63, 3.8) is 0 Å². The molecule has 0 aromatic heterocycles. The fourth-order valence-corrected chi connectivity index (χ4v) is 2.56. The van der Waals surface area contributed by atoms with Crippen molar-refractivity contribution in [1.82, 2.24) is 0 Å². The Morgan fingerprint density at radius 2 is 2.24 bits per heavy atom. The van der Waals surface area contributed by atoms with Gasteiger partial charge in [-0.1, -0.05) is 19.1 Å². The van der Waals surface area contributed by atoms with Crippen molar-refractivity contribution in [2.45, 2.75) is 25.9 Å². The fraction of sp³-hybridized carbons (Fsp3) is 0.571. The molecule has 94 valence electrons. The first-order chi connectivity index (χ1) is 8.17. The van der Waals surface area contributed by atoms with E-state index in [4.69, 9.17) is 5.73 Å². The molecule has 0 saturated heterocycles. The summed E-state index contributed by atoms with van der Waals surface area (Å²) in [4.78, 5) is 2.26. The van der Waals surface area contributed by atoms with Crippen molar-refractivity contribution >= 4 is 5.69 Å². The van der Waals surface area contributed by atoms with E-state index in [1.165, 1.54) is 11.3 Å². The molecule has 0 spiro atoms. The molecule has 0 radical (unpaired) electrons. The second kappa shape index (κ2) is 5.07. The van der Waals surface area contributed by atoms with Crippen LogP contribution in [0.15, 0.2) is 18.2 Å². The van der Waals surface area contributed by atoms with E-state index in [-0.39, 0.29) is 5.92 Å². The SMILES string of the molecule is CCC(CN)C(O)c1ccc2c(c1)CCN2C. The summed E-state index contributed by atoms with van der Waals surface area (Å²) in [7, 11) is 2.11. The van der Waals surface area contributed by atoms with Gasteiger partial charge in [-0.05, 0) is 36.6 Å². The lowest BCUT2D eigenvalue weighted by molar-refractivity contribution is 0.110. The average molecular weight is 234 g/mol. The number of aliphatic hydroxyl groups is 1. The Hall–Kier alpha value is -1.06. The summed E-state index contributed by atoms with van der Waals surface area (Å²) < 4.78 is 0. The van der Waals surface area contributed by atoms with Gasteiger partial charge in [0.15, 0.2) is 0 Å². The molecule has 3 N–H and O–H groups in total. The number of benzene rings is 1. The second-order valence-corrected chi connectivity index (χ2v) is 4.91. The van der Waals surface area contributed by atoms with Gasteiger partial charge in [-0.2, -0.15) is 0 Å². The zero-order valence-electron chi connectivity index (χ0n) is 10.7. The van der Waals surface area contributed by atoms with Gasteiger partial charge >= 0.3 is 0 Å². The van der Waals surface area contributed by atoms with Gasteiger partial charge in [0.2, 0.25) is 0 Å². The van der Waals surface area contributed by atoms with Gasteiger partial charge in [-0.15, -0.1) is 0 Å².